The molecule has 0 aliphatic carbocycles. The second-order valence-corrected chi connectivity index (χ2v) is 4.65. The van der Waals surface area contributed by atoms with Crippen molar-refractivity contribution in [2.45, 2.75) is 18.9 Å². The normalized spacial score (nSPS) is 12.5. The van der Waals surface area contributed by atoms with Crippen molar-refractivity contribution >= 4 is 21.7 Å². The predicted molar refractivity (Wildman–Crippen MR) is 67.5 cm³/mol. The zero-order valence-corrected chi connectivity index (χ0v) is 11.2. The van der Waals surface area contributed by atoms with Gasteiger partial charge in [-0.25, -0.2) is 4.39 Å². The number of Topliss-reactive ketones (excluding diaryl/α,β-unsaturated/α-hetero) is 1. The minimum atomic E-state index is -0.686. The van der Waals surface area contributed by atoms with E-state index >= 15 is 0 Å². The molecule has 5 heteroatoms. The van der Waals surface area contributed by atoms with Crippen molar-refractivity contribution in [3.63, 3.8) is 0 Å². The van der Waals surface area contributed by atoms with Gasteiger partial charge in [0.1, 0.15) is 5.82 Å². The van der Waals surface area contributed by atoms with Crippen LogP contribution in [0.1, 0.15) is 23.2 Å². The largest absolute Gasteiger partial charge is 0.385 e. The van der Waals surface area contributed by atoms with E-state index < -0.39 is 11.9 Å². The van der Waals surface area contributed by atoms with Crippen LogP contribution in [0.15, 0.2) is 22.7 Å². The maximum atomic E-state index is 13.4. The molecule has 0 fully saturated rings. The Balaban J connectivity index is 2.71. The van der Waals surface area contributed by atoms with Crippen molar-refractivity contribution in [2.24, 2.45) is 5.73 Å². The van der Waals surface area contributed by atoms with Gasteiger partial charge in [-0.1, -0.05) is 15.9 Å². The molecule has 0 aliphatic rings. The first kappa shape index (κ1) is 14.3. The fraction of sp³-hybridized carbons (Fsp3) is 0.417. The van der Waals surface area contributed by atoms with Gasteiger partial charge < -0.3 is 10.5 Å². The Hall–Kier alpha value is -0.780. The van der Waals surface area contributed by atoms with Crippen molar-refractivity contribution < 1.29 is 13.9 Å². The summed E-state index contributed by atoms with van der Waals surface area (Å²) in [4.78, 5) is 11.9. The number of methoxy groups -OCH3 is 1. The summed E-state index contributed by atoms with van der Waals surface area (Å²) in [7, 11) is 1.58. The molecule has 1 unspecified atom stereocenters. The van der Waals surface area contributed by atoms with E-state index in [1.54, 1.807) is 13.2 Å². The Bertz CT molecular complexity index is 398. The Labute approximate surface area is 108 Å². The third kappa shape index (κ3) is 4.18. The Morgan fingerprint density at radius 3 is 2.94 bits per heavy atom. The summed E-state index contributed by atoms with van der Waals surface area (Å²) in [5.41, 5.74) is 5.75. The van der Waals surface area contributed by atoms with Gasteiger partial charge in [0, 0.05) is 18.2 Å². The standard InChI is InChI=1S/C12H15BrFNO2/c1-17-6-2-3-11(15)12(16)9-7-8(13)4-5-10(9)14/h4-5,7,11H,2-3,6,15H2,1H3. The first-order chi connectivity index (χ1) is 8.06. The topological polar surface area (TPSA) is 52.3 Å². The summed E-state index contributed by atoms with van der Waals surface area (Å²) in [5.74, 6) is -0.916. The third-order valence-corrected chi connectivity index (χ3v) is 2.89. The number of carbonyl (C=O) groups is 1. The van der Waals surface area contributed by atoms with E-state index in [4.69, 9.17) is 10.5 Å². The highest BCUT2D eigenvalue weighted by molar-refractivity contribution is 9.10. The van der Waals surface area contributed by atoms with Crippen molar-refractivity contribution in [1.29, 1.82) is 0 Å². The van der Waals surface area contributed by atoms with Gasteiger partial charge in [-0.15, -0.1) is 0 Å². The van der Waals surface area contributed by atoms with Crippen molar-refractivity contribution in [3.05, 3.63) is 34.1 Å². The Morgan fingerprint density at radius 1 is 1.59 bits per heavy atom. The molecule has 1 atom stereocenters. The zero-order chi connectivity index (χ0) is 12.8. The average molecular weight is 304 g/mol. The van der Waals surface area contributed by atoms with Crippen molar-refractivity contribution in [1.82, 2.24) is 0 Å². The average Bonchev–Trinajstić information content (AvgIpc) is 2.31. The lowest BCUT2D eigenvalue weighted by Crippen LogP contribution is -2.31. The van der Waals surface area contributed by atoms with Crippen LogP contribution in [-0.4, -0.2) is 25.5 Å². The van der Waals surface area contributed by atoms with Crippen LogP contribution in [0.3, 0.4) is 0 Å². The number of carbonyl (C=O) groups excluding carboxylic acids is 1. The van der Waals surface area contributed by atoms with E-state index in [0.717, 1.165) is 0 Å². The number of nitrogens with two attached hydrogens (primary N) is 1. The van der Waals surface area contributed by atoms with Gasteiger partial charge in [0.25, 0.3) is 0 Å². The van der Waals surface area contributed by atoms with Gasteiger partial charge in [0.2, 0.25) is 0 Å². The van der Waals surface area contributed by atoms with Crippen molar-refractivity contribution in [2.75, 3.05) is 13.7 Å². The van der Waals surface area contributed by atoms with Gasteiger partial charge in [-0.05, 0) is 31.0 Å². The molecule has 0 spiro atoms. The minimum absolute atomic E-state index is 0.0318. The molecule has 0 radical (unpaired) electrons. The van der Waals surface area contributed by atoms with Gasteiger partial charge >= 0.3 is 0 Å². The lowest BCUT2D eigenvalue weighted by Gasteiger charge is -2.11. The SMILES string of the molecule is COCCCC(N)C(=O)c1cc(Br)ccc1F. The van der Waals surface area contributed by atoms with Crippen LogP contribution in [0.2, 0.25) is 0 Å². The van der Waals surface area contributed by atoms with Crippen LogP contribution in [0.25, 0.3) is 0 Å². The van der Waals surface area contributed by atoms with Gasteiger partial charge in [0.15, 0.2) is 5.78 Å². The van der Waals surface area contributed by atoms with Crippen LogP contribution in [-0.2, 0) is 4.74 Å². The molecule has 0 bridgehead atoms. The van der Waals surface area contributed by atoms with E-state index in [0.29, 0.717) is 23.9 Å². The molecule has 0 saturated heterocycles. The first-order valence-electron chi connectivity index (χ1n) is 5.30. The molecule has 3 nitrogen and oxygen atoms in total. The molecular formula is C12H15BrFNO2. The molecule has 0 heterocycles. The lowest BCUT2D eigenvalue weighted by molar-refractivity contribution is 0.0946. The van der Waals surface area contributed by atoms with Crippen LogP contribution in [0.4, 0.5) is 4.39 Å². The molecule has 0 aliphatic heterocycles. The minimum Gasteiger partial charge on any atom is -0.385 e. The monoisotopic (exact) mass is 303 g/mol. The van der Waals surface area contributed by atoms with Gasteiger partial charge in [0.05, 0.1) is 11.6 Å². The highest BCUT2D eigenvalue weighted by Crippen LogP contribution is 2.17. The van der Waals surface area contributed by atoms with E-state index in [1.165, 1.54) is 12.1 Å². The molecule has 0 saturated carbocycles. The van der Waals surface area contributed by atoms with Crippen LogP contribution >= 0.6 is 15.9 Å². The van der Waals surface area contributed by atoms with Gasteiger partial charge in [-0.2, -0.15) is 0 Å². The number of rotatable bonds is 6. The zero-order valence-electron chi connectivity index (χ0n) is 9.58. The van der Waals surface area contributed by atoms with Crippen LogP contribution in [0.5, 0.6) is 0 Å². The number of halogens is 2. The fourth-order valence-electron chi connectivity index (χ4n) is 1.46. The molecule has 2 N–H and O–H groups in total. The second kappa shape index (κ2) is 6.83. The van der Waals surface area contributed by atoms with E-state index in [9.17, 15) is 9.18 Å². The summed E-state index contributed by atoms with van der Waals surface area (Å²) in [5, 5.41) is 0. The first-order valence-corrected chi connectivity index (χ1v) is 6.09. The number of benzene rings is 1. The number of hydrogen-bond acceptors (Lipinski definition) is 3. The molecular weight excluding hydrogens is 289 g/mol. The molecule has 1 aromatic carbocycles. The highest BCUT2D eigenvalue weighted by Gasteiger charge is 2.19. The van der Waals surface area contributed by atoms with E-state index in [1.807, 2.05) is 0 Å². The summed E-state index contributed by atoms with van der Waals surface area (Å²) in [6.45, 7) is 0.544. The number of ether oxygens (including phenoxy) is 1. The van der Waals surface area contributed by atoms with Gasteiger partial charge in [-0.3, -0.25) is 4.79 Å². The van der Waals surface area contributed by atoms with Crippen molar-refractivity contribution in [3.8, 4) is 0 Å². The summed E-state index contributed by atoms with van der Waals surface area (Å²) >= 11 is 3.20. The summed E-state index contributed by atoms with van der Waals surface area (Å²) in [6.07, 6.45) is 1.16. The molecule has 0 aromatic heterocycles. The van der Waals surface area contributed by atoms with Crippen LogP contribution < -0.4 is 5.73 Å². The predicted octanol–water partition coefficient (Wildman–Crippen LogP) is 2.52. The van der Waals surface area contributed by atoms with Crippen LogP contribution in [0, 0.1) is 5.82 Å². The highest BCUT2D eigenvalue weighted by atomic mass is 79.9. The lowest BCUT2D eigenvalue weighted by atomic mass is 10.0. The number of hydrogen-bond donors (Lipinski definition) is 1. The maximum Gasteiger partial charge on any atom is 0.182 e. The second-order valence-electron chi connectivity index (χ2n) is 3.73. The van der Waals surface area contributed by atoms with E-state index in [-0.39, 0.29) is 11.3 Å². The fourth-order valence-corrected chi connectivity index (χ4v) is 1.83. The molecule has 0 amide bonds. The molecule has 94 valence electrons. The molecule has 1 aromatic rings. The Morgan fingerprint density at radius 2 is 2.29 bits per heavy atom. The van der Waals surface area contributed by atoms with E-state index in [2.05, 4.69) is 15.9 Å². The summed E-state index contributed by atoms with van der Waals surface area (Å²) in [6, 6.07) is 3.56. The third-order valence-electron chi connectivity index (χ3n) is 2.39. The smallest absolute Gasteiger partial charge is 0.182 e. The molecule has 1 rings (SSSR count). The Kier molecular flexibility index (Phi) is 5.74. The number of ketones is 1. The summed E-state index contributed by atoms with van der Waals surface area (Å²) < 4.78 is 19.0. The molecule has 17 heavy (non-hydrogen) atoms. The quantitative estimate of drug-likeness (QED) is 0.649. The maximum absolute atomic E-state index is 13.4.